The van der Waals surface area contributed by atoms with Crippen LogP contribution >= 0.6 is 0 Å². The molecule has 0 amide bonds. The Kier molecular flexibility index (Phi) is 11.0. The number of aryl methyl sites for hydroxylation is 2. The van der Waals surface area contributed by atoms with Crippen LogP contribution in [0.5, 0.6) is 5.75 Å². The Bertz CT molecular complexity index is 2210. The van der Waals surface area contributed by atoms with Gasteiger partial charge in [-0.1, -0.05) is 90.0 Å². The summed E-state index contributed by atoms with van der Waals surface area (Å²) in [5, 5.41) is 3.35. The van der Waals surface area contributed by atoms with Crippen LogP contribution in [-0.4, -0.2) is 59.4 Å². The van der Waals surface area contributed by atoms with Gasteiger partial charge in [0.2, 0.25) is 10.0 Å². The first-order valence-electron chi connectivity index (χ1n) is 16.8. The normalized spacial score (nSPS) is 15.0. The van der Waals surface area contributed by atoms with Gasteiger partial charge in [-0.15, -0.1) is 0 Å². The Labute approximate surface area is 305 Å². The maximum absolute atomic E-state index is 14.6. The summed E-state index contributed by atoms with van der Waals surface area (Å²) in [4.78, 5) is 13.7. The van der Waals surface area contributed by atoms with Gasteiger partial charge in [-0.25, -0.2) is 16.8 Å². The van der Waals surface area contributed by atoms with Crippen molar-refractivity contribution >= 4 is 37.4 Å². The molecular weight excluding hydrogens is 699 g/mol. The summed E-state index contributed by atoms with van der Waals surface area (Å²) in [6, 6.07) is 34.8. The third kappa shape index (κ3) is 8.14. The molecule has 10 nitrogen and oxygen atoms in total. The highest BCUT2D eigenvalue weighted by molar-refractivity contribution is 7.92. The van der Waals surface area contributed by atoms with Gasteiger partial charge in [0.1, 0.15) is 18.4 Å². The Morgan fingerprint density at radius 2 is 1.37 bits per heavy atom. The Morgan fingerprint density at radius 1 is 0.769 bits per heavy atom. The molecule has 1 N–H and O–H groups in total. The van der Waals surface area contributed by atoms with Crippen molar-refractivity contribution < 1.29 is 31.1 Å². The van der Waals surface area contributed by atoms with E-state index in [4.69, 9.17) is 9.47 Å². The third-order valence-corrected chi connectivity index (χ3v) is 12.7. The summed E-state index contributed by atoms with van der Waals surface area (Å²) in [5.41, 5.74) is 4.43. The number of nitrogens with one attached hydrogen (secondary N) is 1. The van der Waals surface area contributed by atoms with Crippen molar-refractivity contribution in [1.29, 1.82) is 0 Å². The fourth-order valence-corrected chi connectivity index (χ4v) is 9.28. The number of anilines is 2. The molecule has 270 valence electrons. The highest BCUT2D eigenvalue weighted by atomic mass is 32.2. The van der Waals surface area contributed by atoms with Crippen LogP contribution < -0.4 is 14.4 Å². The lowest BCUT2D eigenvalue weighted by atomic mass is 10.0. The van der Waals surface area contributed by atoms with Crippen molar-refractivity contribution in [1.82, 2.24) is 4.31 Å². The zero-order valence-electron chi connectivity index (χ0n) is 29.2. The van der Waals surface area contributed by atoms with Crippen molar-refractivity contribution in [3.63, 3.8) is 0 Å². The molecule has 0 saturated heterocycles. The predicted molar refractivity (Wildman–Crippen MR) is 201 cm³/mol. The largest absolute Gasteiger partial charge is 0.489 e. The average Bonchev–Trinajstić information content (AvgIpc) is 3.16. The number of benzene rings is 5. The smallest absolute Gasteiger partial charge is 0.324 e. The number of carbonyl (C=O) groups excluding carboxylic acids is 1. The molecule has 0 bridgehead atoms. The Balaban J connectivity index is 1.34. The van der Waals surface area contributed by atoms with Crippen LogP contribution in [-0.2, 0) is 42.6 Å². The molecule has 0 fully saturated rings. The quantitative estimate of drug-likeness (QED) is 0.139. The summed E-state index contributed by atoms with van der Waals surface area (Å²) in [5.74, 6) is -0.133. The molecule has 0 spiro atoms. The lowest BCUT2D eigenvalue weighted by Crippen LogP contribution is -2.55. The van der Waals surface area contributed by atoms with Crippen molar-refractivity contribution in [2.45, 2.75) is 48.7 Å². The summed E-state index contributed by atoms with van der Waals surface area (Å²) in [6.07, 6.45) is -0.00852. The second-order valence-electron chi connectivity index (χ2n) is 12.8. The third-order valence-electron chi connectivity index (χ3n) is 8.98. The maximum atomic E-state index is 14.6. The van der Waals surface area contributed by atoms with E-state index in [9.17, 15) is 21.6 Å². The van der Waals surface area contributed by atoms with E-state index in [1.807, 2.05) is 44.2 Å². The van der Waals surface area contributed by atoms with E-state index >= 15 is 0 Å². The number of sulfonamides is 2. The van der Waals surface area contributed by atoms with Crippen LogP contribution in [0.1, 0.15) is 22.3 Å². The minimum absolute atomic E-state index is 0.00277. The predicted octanol–water partition coefficient (Wildman–Crippen LogP) is 6.35. The number of hydrogen-bond donors (Lipinski definition) is 1. The second kappa shape index (κ2) is 15.6. The number of para-hydroxylation sites is 2. The molecule has 0 aliphatic carbocycles. The van der Waals surface area contributed by atoms with Gasteiger partial charge in [-0.2, -0.15) is 4.31 Å². The number of esters is 1. The van der Waals surface area contributed by atoms with E-state index in [-0.39, 0.29) is 29.3 Å². The molecule has 52 heavy (non-hydrogen) atoms. The van der Waals surface area contributed by atoms with Crippen molar-refractivity contribution in [3.05, 3.63) is 150 Å². The molecular formula is C40H41N3O7S2. The summed E-state index contributed by atoms with van der Waals surface area (Å²) in [7, 11) is -7.15. The number of hydrogen-bond acceptors (Lipinski definition) is 8. The summed E-state index contributed by atoms with van der Waals surface area (Å²) >= 11 is 0. The van der Waals surface area contributed by atoms with Gasteiger partial charge in [0.05, 0.1) is 40.9 Å². The van der Waals surface area contributed by atoms with Crippen LogP contribution in [0.15, 0.2) is 137 Å². The zero-order chi connectivity index (χ0) is 36.9. The highest BCUT2D eigenvalue weighted by Gasteiger charge is 2.41. The summed E-state index contributed by atoms with van der Waals surface area (Å²) < 4.78 is 70.9. The fourth-order valence-electron chi connectivity index (χ4n) is 6.13. The van der Waals surface area contributed by atoms with Crippen molar-refractivity contribution in [2.24, 2.45) is 0 Å². The Morgan fingerprint density at radius 3 is 2.00 bits per heavy atom. The minimum Gasteiger partial charge on any atom is -0.489 e. The first-order chi connectivity index (χ1) is 24.9. The maximum Gasteiger partial charge on any atom is 0.324 e. The average molecular weight is 740 g/mol. The molecule has 6 rings (SSSR count). The topological polar surface area (TPSA) is 122 Å². The van der Waals surface area contributed by atoms with Crippen molar-refractivity contribution in [3.8, 4) is 5.75 Å². The van der Waals surface area contributed by atoms with Gasteiger partial charge in [-0.05, 0) is 79.9 Å². The molecule has 5 aromatic rings. The standard InChI is InChI=1S/C40H41N3O7S2/c1-29-13-21-35(22-14-29)51(45,46)42-26-33(41-37-11-7-8-12-38(37)42)27-43(52(47,48)36-23-15-30(2)16-24-36)39(40(44)49-3)25-31-17-19-34(20-18-31)50-28-32-9-5-4-6-10-32/h4-24,33,39,41H,25-28H2,1-3H3/t33-,39-/m0/s1. The minimum atomic E-state index is -4.33. The van der Waals surface area contributed by atoms with Crippen LogP contribution in [0.2, 0.25) is 0 Å². The van der Waals surface area contributed by atoms with E-state index < -0.39 is 38.1 Å². The zero-order valence-corrected chi connectivity index (χ0v) is 30.8. The van der Waals surface area contributed by atoms with Gasteiger partial charge in [-0.3, -0.25) is 9.10 Å². The van der Waals surface area contributed by atoms with E-state index in [0.717, 1.165) is 21.0 Å². The Hall–Kier alpha value is -5.17. The van der Waals surface area contributed by atoms with Gasteiger partial charge in [0.25, 0.3) is 10.0 Å². The number of methoxy groups -OCH3 is 1. The molecule has 12 heteroatoms. The van der Waals surface area contributed by atoms with Gasteiger partial charge >= 0.3 is 5.97 Å². The lowest BCUT2D eigenvalue weighted by molar-refractivity contribution is -0.145. The van der Waals surface area contributed by atoms with E-state index in [1.165, 1.54) is 23.5 Å². The number of nitrogens with zero attached hydrogens (tertiary/aromatic N) is 2. The van der Waals surface area contributed by atoms with Crippen LogP contribution in [0.3, 0.4) is 0 Å². The monoisotopic (exact) mass is 739 g/mol. The lowest BCUT2D eigenvalue weighted by Gasteiger charge is -2.39. The van der Waals surface area contributed by atoms with Crippen LogP contribution in [0, 0.1) is 13.8 Å². The van der Waals surface area contributed by atoms with Crippen LogP contribution in [0.25, 0.3) is 0 Å². The summed E-state index contributed by atoms with van der Waals surface area (Å²) in [6.45, 7) is 3.76. The van der Waals surface area contributed by atoms with Crippen molar-refractivity contribution in [2.75, 3.05) is 29.8 Å². The molecule has 5 aromatic carbocycles. The first kappa shape index (κ1) is 36.6. The number of ether oxygens (including phenoxy) is 2. The molecule has 0 saturated carbocycles. The molecule has 0 unspecified atom stereocenters. The molecule has 1 heterocycles. The molecule has 1 aliphatic heterocycles. The van der Waals surface area contributed by atoms with Gasteiger partial charge in [0, 0.05) is 6.54 Å². The molecule has 1 aliphatic rings. The number of fused-ring (bicyclic) bond motifs is 1. The van der Waals surface area contributed by atoms with Gasteiger partial charge in [0.15, 0.2) is 0 Å². The SMILES string of the molecule is COC(=O)[C@H](Cc1ccc(OCc2ccccc2)cc1)N(C[C@@H]1CN(S(=O)(=O)c2ccc(C)cc2)c2ccccc2N1)S(=O)(=O)c1ccc(C)cc1. The van der Waals surface area contributed by atoms with E-state index in [1.54, 1.807) is 84.9 Å². The van der Waals surface area contributed by atoms with Gasteiger partial charge < -0.3 is 14.8 Å². The van der Waals surface area contributed by atoms with Crippen LogP contribution in [0.4, 0.5) is 11.4 Å². The van der Waals surface area contributed by atoms with E-state index in [2.05, 4.69) is 5.32 Å². The highest BCUT2D eigenvalue weighted by Crippen LogP contribution is 2.36. The molecule has 2 atom stereocenters. The molecule has 0 aromatic heterocycles. The fraction of sp³-hybridized carbons (Fsp3) is 0.225. The number of rotatable bonds is 13. The molecule has 0 radical (unpaired) electrons. The second-order valence-corrected chi connectivity index (χ2v) is 16.5. The number of carbonyl (C=O) groups is 1. The first-order valence-corrected chi connectivity index (χ1v) is 19.7. The van der Waals surface area contributed by atoms with E-state index in [0.29, 0.717) is 29.3 Å².